The lowest BCUT2D eigenvalue weighted by Crippen LogP contribution is -2.52. The SMILES string of the molecule is CC(C)C[C@H](NC(=O)c1ccc2ncccc2c1)C(=O)NC1CCCN(S(=O)(=O)c2ccccn2)CC1=O. The molecule has 2 amide bonds. The van der Waals surface area contributed by atoms with E-state index in [9.17, 15) is 22.8 Å². The van der Waals surface area contributed by atoms with Gasteiger partial charge in [-0.25, -0.2) is 13.4 Å². The Balaban J connectivity index is 1.44. The second-order valence-electron chi connectivity index (χ2n) is 9.74. The molecule has 38 heavy (non-hydrogen) atoms. The largest absolute Gasteiger partial charge is 0.344 e. The molecule has 1 aliphatic rings. The number of aromatic nitrogens is 2. The molecule has 2 aromatic heterocycles. The number of hydrogen-bond donors (Lipinski definition) is 2. The first-order chi connectivity index (χ1) is 18.1. The van der Waals surface area contributed by atoms with Crippen molar-refractivity contribution in [2.24, 2.45) is 5.92 Å². The number of carbonyl (C=O) groups is 3. The lowest BCUT2D eigenvalue weighted by Gasteiger charge is -2.23. The average Bonchev–Trinajstić information content (AvgIpc) is 3.09. The van der Waals surface area contributed by atoms with Crippen molar-refractivity contribution in [1.82, 2.24) is 24.9 Å². The van der Waals surface area contributed by atoms with Crippen molar-refractivity contribution in [3.05, 3.63) is 66.5 Å². The van der Waals surface area contributed by atoms with Gasteiger partial charge in [0.15, 0.2) is 10.8 Å². The van der Waals surface area contributed by atoms with E-state index in [1.54, 1.807) is 42.6 Å². The maximum Gasteiger partial charge on any atom is 0.260 e. The highest BCUT2D eigenvalue weighted by Crippen LogP contribution is 2.19. The molecular weight excluding hydrogens is 506 g/mol. The summed E-state index contributed by atoms with van der Waals surface area (Å²) in [6.07, 6.45) is 4.10. The number of rotatable bonds is 8. The second kappa shape index (κ2) is 11.8. The fourth-order valence-corrected chi connectivity index (χ4v) is 5.80. The van der Waals surface area contributed by atoms with E-state index in [0.717, 1.165) is 15.2 Å². The van der Waals surface area contributed by atoms with Gasteiger partial charge in [0.25, 0.3) is 15.9 Å². The smallest absolute Gasteiger partial charge is 0.260 e. The van der Waals surface area contributed by atoms with Crippen LogP contribution in [-0.2, 0) is 19.6 Å². The van der Waals surface area contributed by atoms with Gasteiger partial charge >= 0.3 is 0 Å². The van der Waals surface area contributed by atoms with Gasteiger partial charge in [-0.05, 0) is 61.6 Å². The zero-order valence-electron chi connectivity index (χ0n) is 21.3. The summed E-state index contributed by atoms with van der Waals surface area (Å²) >= 11 is 0. The number of ketones is 1. The molecule has 3 aromatic rings. The summed E-state index contributed by atoms with van der Waals surface area (Å²) in [5.74, 6) is -1.20. The molecule has 1 fully saturated rings. The molecule has 2 atom stereocenters. The molecule has 1 saturated heterocycles. The molecule has 0 radical (unpaired) electrons. The first-order valence-corrected chi connectivity index (χ1v) is 14.0. The van der Waals surface area contributed by atoms with E-state index in [-0.39, 0.29) is 24.0 Å². The number of amides is 2. The number of nitrogens with zero attached hydrogens (tertiary/aromatic N) is 3. The predicted molar refractivity (Wildman–Crippen MR) is 142 cm³/mol. The van der Waals surface area contributed by atoms with Gasteiger partial charge in [-0.15, -0.1) is 0 Å². The highest BCUT2D eigenvalue weighted by molar-refractivity contribution is 7.89. The van der Waals surface area contributed by atoms with Gasteiger partial charge < -0.3 is 10.6 Å². The van der Waals surface area contributed by atoms with Crippen molar-refractivity contribution in [3.8, 4) is 0 Å². The van der Waals surface area contributed by atoms with Crippen molar-refractivity contribution in [2.45, 2.75) is 50.2 Å². The van der Waals surface area contributed by atoms with E-state index in [2.05, 4.69) is 20.6 Å². The molecular formula is C27H31N5O5S. The van der Waals surface area contributed by atoms with Crippen molar-refractivity contribution < 1.29 is 22.8 Å². The van der Waals surface area contributed by atoms with Crippen LogP contribution in [0.1, 0.15) is 43.5 Å². The van der Waals surface area contributed by atoms with Gasteiger partial charge in [0.1, 0.15) is 6.04 Å². The van der Waals surface area contributed by atoms with E-state index in [0.29, 0.717) is 24.8 Å². The third-order valence-corrected chi connectivity index (χ3v) is 8.14. The maximum absolute atomic E-state index is 13.3. The van der Waals surface area contributed by atoms with Crippen molar-refractivity contribution >= 4 is 38.5 Å². The number of fused-ring (bicyclic) bond motifs is 1. The minimum Gasteiger partial charge on any atom is -0.344 e. The van der Waals surface area contributed by atoms with Crippen LogP contribution in [0.25, 0.3) is 10.9 Å². The van der Waals surface area contributed by atoms with Crippen LogP contribution in [-0.4, -0.2) is 65.5 Å². The van der Waals surface area contributed by atoms with Gasteiger partial charge in [-0.1, -0.05) is 26.0 Å². The standard InChI is InChI=1S/C27H31N5O5S/c1-18(2)15-23(31-26(34)20-10-11-21-19(16-20)7-5-13-28-21)27(35)30-22-8-6-14-32(17-24(22)33)38(36,37)25-9-3-4-12-29-25/h3-5,7,9-13,16,18,22-23H,6,8,14-15,17H2,1-2H3,(H,30,35)(H,31,34)/t22?,23-/m0/s1. The summed E-state index contributed by atoms with van der Waals surface area (Å²) < 4.78 is 27.0. The number of pyridine rings is 2. The zero-order chi connectivity index (χ0) is 27.3. The van der Waals surface area contributed by atoms with Crippen LogP contribution in [0.4, 0.5) is 0 Å². The first kappa shape index (κ1) is 27.3. The number of nitrogens with one attached hydrogen (secondary N) is 2. The Labute approximate surface area is 221 Å². The third kappa shape index (κ3) is 6.40. The van der Waals surface area contributed by atoms with Crippen molar-refractivity contribution in [1.29, 1.82) is 0 Å². The number of Topliss-reactive ketones (excluding diaryl/α,β-unsaturated/α-hetero) is 1. The summed E-state index contributed by atoms with van der Waals surface area (Å²) in [7, 11) is -3.94. The topological polar surface area (TPSA) is 138 Å². The van der Waals surface area contributed by atoms with Crippen LogP contribution in [0.5, 0.6) is 0 Å². The molecule has 0 spiro atoms. The molecule has 10 nitrogen and oxygen atoms in total. The van der Waals surface area contributed by atoms with Crippen molar-refractivity contribution in [3.63, 3.8) is 0 Å². The summed E-state index contributed by atoms with van der Waals surface area (Å²) in [4.78, 5) is 47.5. The molecule has 0 saturated carbocycles. The molecule has 4 rings (SSSR count). The normalized spacial score (nSPS) is 17.7. The van der Waals surface area contributed by atoms with E-state index >= 15 is 0 Å². The van der Waals surface area contributed by atoms with Gasteiger partial charge in [-0.3, -0.25) is 19.4 Å². The number of hydrogen-bond acceptors (Lipinski definition) is 7. The number of carbonyl (C=O) groups excluding carboxylic acids is 3. The maximum atomic E-state index is 13.3. The van der Waals surface area contributed by atoms with Crippen LogP contribution in [0.15, 0.2) is 66.0 Å². The molecule has 200 valence electrons. The van der Waals surface area contributed by atoms with E-state index in [1.807, 2.05) is 19.9 Å². The third-order valence-electron chi connectivity index (χ3n) is 6.37. The Morgan fingerprint density at radius 3 is 2.61 bits per heavy atom. The average molecular weight is 538 g/mol. The Bertz CT molecular complexity index is 1430. The zero-order valence-corrected chi connectivity index (χ0v) is 22.1. The number of sulfonamides is 1. The van der Waals surface area contributed by atoms with Crippen molar-refractivity contribution in [2.75, 3.05) is 13.1 Å². The monoisotopic (exact) mass is 537 g/mol. The lowest BCUT2D eigenvalue weighted by molar-refractivity contribution is -0.129. The van der Waals surface area contributed by atoms with Gasteiger partial charge in [0.05, 0.1) is 18.1 Å². The molecule has 1 unspecified atom stereocenters. The molecule has 1 aliphatic heterocycles. The summed E-state index contributed by atoms with van der Waals surface area (Å²) in [6, 6.07) is 11.6. The quantitative estimate of drug-likeness (QED) is 0.450. The summed E-state index contributed by atoms with van der Waals surface area (Å²) in [5, 5.41) is 6.25. The fraction of sp³-hybridized carbons (Fsp3) is 0.370. The Hall–Kier alpha value is -3.70. The highest BCUT2D eigenvalue weighted by atomic mass is 32.2. The molecule has 3 heterocycles. The number of benzene rings is 1. The van der Waals surface area contributed by atoms with Gasteiger partial charge in [-0.2, -0.15) is 4.31 Å². The first-order valence-electron chi connectivity index (χ1n) is 12.5. The summed E-state index contributed by atoms with van der Waals surface area (Å²) in [5.41, 5.74) is 1.15. The Morgan fingerprint density at radius 2 is 1.87 bits per heavy atom. The van der Waals surface area contributed by atoms with E-state index in [1.165, 1.54) is 12.3 Å². The highest BCUT2D eigenvalue weighted by Gasteiger charge is 2.34. The molecule has 2 N–H and O–H groups in total. The Kier molecular flexibility index (Phi) is 8.48. The minimum atomic E-state index is -3.94. The van der Waals surface area contributed by atoms with Crippen LogP contribution < -0.4 is 10.6 Å². The second-order valence-corrected chi connectivity index (χ2v) is 11.6. The van der Waals surface area contributed by atoms with Crippen LogP contribution >= 0.6 is 0 Å². The predicted octanol–water partition coefficient (Wildman–Crippen LogP) is 2.31. The Morgan fingerprint density at radius 1 is 1.08 bits per heavy atom. The van der Waals surface area contributed by atoms with Gasteiger partial charge in [0.2, 0.25) is 5.91 Å². The fourth-order valence-electron chi connectivity index (χ4n) is 4.42. The molecule has 0 bridgehead atoms. The van der Waals surface area contributed by atoms with Crippen LogP contribution in [0.3, 0.4) is 0 Å². The molecule has 1 aromatic carbocycles. The molecule has 0 aliphatic carbocycles. The van der Waals surface area contributed by atoms with E-state index < -0.39 is 39.7 Å². The van der Waals surface area contributed by atoms with Crippen LogP contribution in [0, 0.1) is 5.92 Å². The molecule has 11 heteroatoms. The minimum absolute atomic E-state index is 0.0932. The van der Waals surface area contributed by atoms with Crippen LogP contribution in [0.2, 0.25) is 0 Å². The lowest BCUT2D eigenvalue weighted by atomic mass is 10.0. The van der Waals surface area contributed by atoms with E-state index in [4.69, 9.17) is 0 Å². The summed E-state index contributed by atoms with van der Waals surface area (Å²) in [6.45, 7) is 3.65. The van der Waals surface area contributed by atoms with Gasteiger partial charge in [0, 0.05) is 29.9 Å².